The summed E-state index contributed by atoms with van der Waals surface area (Å²) in [6.07, 6.45) is 6.33. The van der Waals surface area contributed by atoms with Crippen molar-refractivity contribution >= 4 is 0 Å². The highest BCUT2D eigenvalue weighted by atomic mass is 16.3. The summed E-state index contributed by atoms with van der Waals surface area (Å²) >= 11 is 0. The van der Waals surface area contributed by atoms with E-state index in [9.17, 15) is 5.11 Å². The molecule has 0 fully saturated rings. The van der Waals surface area contributed by atoms with Gasteiger partial charge in [-0.15, -0.1) is 0 Å². The number of hydrogen-bond acceptors (Lipinski definition) is 2. The smallest absolute Gasteiger partial charge is 0.0905 e. The molecule has 0 saturated heterocycles. The predicted octanol–water partition coefficient (Wildman–Crippen LogP) is 2.26. The Labute approximate surface area is 85.0 Å². The fourth-order valence-electron chi connectivity index (χ4n) is 2.44. The molecule has 0 bridgehead atoms. The van der Waals surface area contributed by atoms with E-state index in [4.69, 9.17) is 0 Å². The molecule has 2 nitrogen and oxygen atoms in total. The molecule has 1 aromatic heterocycles. The summed E-state index contributed by atoms with van der Waals surface area (Å²) in [6.45, 7) is 4.30. The molecule has 1 N–H and O–H groups in total. The zero-order valence-corrected chi connectivity index (χ0v) is 8.83. The standard InChI is InChI=1S/C12H17NO/c1-9(2)7-12(14)5-3-10-8-13-6-4-11(10)12/h4,6,8-9,14H,3,5,7H2,1-2H3. The Morgan fingerprint density at radius 1 is 1.57 bits per heavy atom. The monoisotopic (exact) mass is 191 g/mol. The molecule has 0 spiro atoms. The first kappa shape index (κ1) is 9.66. The highest BCUT2D eigenvalue weighted by molar-refractivity contribution is 5.34. The van der Waals surface area contributed by atoms with Crippen molar-refractivity contribution in [1.29, 1.82) is 0 Å². The Hall–Kier alpha value is -0.890. The third-order valence-electron chi connectivity index (χ3n) is 2.96. The quantitative estimate of drug-likeness (QED) is 0.777. The topological polar surface area (TPSA) is 33.1 Å². The zero-order valence-electron chi connectivity index (χ0n) is 8.83. The first-order chi connectivity index (χ1) is 6.62. The van der Waals surface area contributed by atoms with E-state index in [0.717, 1.165) is 24.8 Å². The van der Waals surface area contributed by atoms with Gasteiger partial charge in [-0.05, 0) is 42.4 Å². The van der Waals surface area contributed by atoms with Crippen LogP contribution in [-0.2, 0) is 12.0 Å². The van der Waals surface area contributed by atoms with Gasteiger partial charge in [0, 0.05) is 12.4 Å². The van der Waals surface area contributed by atoms with Gasteiger partial charge in [-0.3, -0.25) is 4.98 Å². The van der Waals surface area contributed by atoms with Crippen molar-refractivity contribution < 1.29 is 5.11 Å². The molecule has 1 heterocycles. The van der Waals surface area contributed by atoms with Crippen molar-refractivity contribution in [3.63, 3.8) is 0 Å². The van der Waals surface area contributed by atoms with Gasteiger partial charge < -0.3 is 5.11 Å². The van der Waals surface area contributed by atoms with Crippen LogP contribution in [0.1, 0.15) is 37.8 Å². The van der Waals surface area contributed by atoms with Crippen molar-refractivity contribution in [3.05, 3.63) is 29.6 Å². The molecule has 1 unspecified atom stereocenters. The van der Waals surface area contributed by atoms with Gasteiger partial charge in [0.1, 0.15) is 0 Å². The number of nitrogens with zero attached hydrogens (tertiary/aromatic N) is 1. The van der Waals surface area contributed by atoms with Gasteiger partial charge in [-0.25, -0.2) is 0 Å². The largest absolute Gasteiger partial charge is 0.385 e. The van der Waals surface area contributed by atoms with E-state index in [1.165, 1.54) is 5.56 Å². The molecule has 0 amide bonds. The molecule has 1 aliphatic rings. The minimum Gasteiger partial charge on any atom is -0.385 e. The second-order valence-electron chi connectivity index (χ2n) is 4.66. The van der Waals surface area contributed by atoms with Crippen LogP contribution in [-0.4, -0.2) is 10.1 Å². The van der Waals surface area contributed by atoms with Crippen LogP contribution in [0.5, 0.6) is 0 Å². The number of hydrogen-bond donors (Lipinski definition) is 1. The predicted molar refractivity (Wildman–Crippen MR) is 55.9 cm³/mol. The van der Waals surface area contributed by atoms with Crippen LogP contribution in [0.4, 0.5) is 0 Å². The fraction of sp³-hybridized carbons (Fsp3) is 0.583. The molecule has 76 valence electrons. The Morgan fingerprint density at radius 3 is 3.07 bits per heavy atom. The van der Waals surface area contributed by atoms with Gasteiger partial charge in [0.15, 0.2) is 0 Å². The first-order valence-electron chi connectivity index (χ1n) is 5.27. The number of aryl methyl sites for hydroxylation is 1. The van der Waals surface area contributed by atoms with Crippen molar-refractivity contribution in [3.8, 4) is 0 Å². The molecule has 0 radical (unpaired) electrons. The molecular weight excluding hydrogens is 174 g/mol. The average Bonchev–Trinajstić information content (AvgIpc) is 2.44. The third-order valence-corrected chi connectivity index (χ3v) is 2.96. The Bertz CT molecular complexity index is 335. The van der Waals surface area contributed by atoms with Crippen molar-refractivity contribution in [2.45, 2.75) is 38.7 Å². The van der Waals surface area contributed by atoms with Gasteiger partial charge in [0.25, 0.3) is 0 Å². The van der Waals surface area contributed by atoms with Crippen LogP contribution in [0.2, 0.25) is 0 Å². The summed E-state index contributed by atoms with van der Waals surface area (Å²) in [7, 11) is 0. The van der Waals surface area contributed by atoms with E-state index in [2.05, 4.69) is 18.8 Å². The number of pyridine rings is 1. The molecule has 0 aromatic carbocycles. The molecule has 14 heavy (non-hydrogen) atoms. The Balaban J connectivity index is 2.32. The Morgan fingerprint density at radius 2 is 2.36 bits per heavy atom. The molecule has 0 aliphatic heterocycles. The maximum absolute atomic E-state index is 10.5. The number of rotatable bonds is 2. The van der Waals surface area contributed by atoms with E-state index in [0.29, 0.717) is 5.92 Å². The number of aliphatic hydroxyl groups is 1. The van der Waals surface area contributed by atoms with Crippen molar-refractivity contribution in [2.75, 3.05) is 0 Å². The summed E-state index contributed by atoms with van der Waals surface area (Å²) < 4.78 is 0. The summed E-state index contributed by atoms with van der Waals surface area (Å²) in [6, 6.07) is 1.96. The second kappa shape index (κ2) is 3.35. The van der Waals surface area contributed by atoms with Crippen molar-refractivity contribution in [2.24, 2.45) is 5.92 Å². The van der Waals surface area contributed by atoms with E-state index in [-0.39, 0.29) is 0 Å². The lowest BCUT2D eigenvalue weighted by atomic mass is 9.87. The summed E-state index contributed by atoms with van der Waals surface area (Å²) in [4.78, 5) is 4.09. The molecule has 0 saturated carbocycles. The number of aromatic nitrogens is 1. The van der Waals surface area contributed by atoms with E-state index in [1.807, 2.05) is 12.3 Å². The lowest BCUT2D eigenvalue weighted by Gasteiger charge is -2.25. The lowest BCUT2D eigenvalue weighted by molar-refractivity contribution is 0.0172. The van der Waals surface area contributed by atoms with Crippen LogP contribution < -0.4 is 0 Å². The fourth-order valence-corrected chi connectivity index (χ4v) is 2.44. The van der Waals surface area contributed by atoms with E-state index in [1.54, 1.807) is 6.20 Å². The normalized spacial score (nSPS) is 25.4. The van der Waals surface area contributed by atoms with Crippen molar-refractivity contribution in [1.82, 2.24) is 4.98 Å². The summed E-state index contributed by atoms with van der Waals surface area (Å²) in [5, 5.41) is 10.5. The van der Waals surface area contributed by atoms with Crippen LogP contribution >= 0.6 is 0 Å². The van der Waals surface area contributed by atoms with Gasteiger partial charge in [-0.2, -0.15) is 0 Å². The molecule has 1 aromatic rings. The van der Waals surface area contributed by atoms with E-state index < -0.39 is 5.60 Å². The molecule has 2 heteroatoms. The van der Waals surface area contributed by atoms with Gasteiger partial charge >= 0.3 is 0 Å². The Kier molecular flexibility index (Phi) is 2.31. The lowest BCUT2D eigenvalue weighted by Crippen LogP contribution is -2.24. The van der Waals surface area contributed by atoms with Crippen LogP contribution in [0.15, 0.2) is 18.5 Å². The maximum atomic E-state index is 10.5. The van der Waals surface area contributed by atoms with Gasteiger partial charge in [-0.1, -0.05) is 13.8 Å². The zero-order chi connectivity index (χ0) is 10.2. The molecule has 2 rings (SSSR count). The maximum Gasteiger partial charge on any atom is 0.0905 e. The molecule has 1 aliphatic carbocycles. The first-order valence-corrected chi connectivity index (χ1v) is 5.27. The molecular formula is C12H17NO. The van der Waals surface area contributed by atoms with Gasteiger partial charge in [0.05, 0.1) is 5.60 Å². The van der Waals surface area contributed by atoms with Crippen LogP contribution in [0.3, 0.4) is 0 Å². The average molecular weight is 191 g/mol. The highest BCUT2D eigenvalue weighted by Crippen LogP contribution is 2.40. The van der Waals surface area contributed by atoms with E-state index >= 15 is 0 Å². The minimum absolute atomic E-state index is 0.527. The van der Waals surface area contributed by atoms with Gasteiger partial charge in [0.2, 0.25) is 0 Å². The highest BCUT2D eigenvalue weighted by Gasteiger charge is 2.36. The SMILES string of the molecule is CC(C)CC1(O)CCc2cnccc21. The second-order valence-corrected chi connectivity index (χ2v) is 4.66. The minimum atomic E-state index is -0.591. The van der Waals surface area contributed by atoms with Crippen LogP contribution in [0, 0.1) is 5.92 Å². The molecule has 1 atom stereocenters. The number of fused-ring (bicyclic) bond motifs is 1. The summed E-state index contributed by atoms with van der Waals surface area (Å²) in [5.74, 6) is 0.527. The third kappa shape index (κ3) is 1.55. The van der Waals surface area contributed by atoms with Crippen LogP contribution in [0.25, 0.3) is 0 Å². The summed E-state index contributed by atoms with van der Waals surface area (Å²) in [5.41, 5.74) is 1.73.